The van der Waals surface area contributed by atoms with Crippen LogP contribution in [-0.4, -0.2) is 35.0 Å². The lowest BCUT2D eigenvalue weighted by Gasteiger charge is -2.27. The maximum Gasteiger partial charge on any atom is 0.278 e. The Kier molecular flexibility index (Phi) is 5.00. The molecule has 5 nitrogen and oxygen atoms in total. The molecule has 2 aromatic rings. The Bertz CT molecular complexity index is 714. The van der Waals surface area contributed by atoms with E-state index in [2.05, 4.69) is 14.9 Å². The predicted molar refractivity (Wildman–Crippen MR) is 96.9 cm³/mol. The van der Waals surface area contributed by atoms with Crippen LogP contribution in [0.25, 0.3) is 0 Å². The van der Waals surface area contributed by atoms with Gasteiger partial charge < -0.3 is 9.80 Å². The molecule has 1 saturated heterocycles. The van der Waals surface area contributed by atoms with Crippen LogP contribution in [0.3, 0.4) is 0 Å². The predicted octanol–water partition coefficient (Wildman–Crippen LogP) is 3.79. The van der Waals surface area contributed by atoms with Crippen molar-refractivity contribution in [1.29, 1.82) is 0 Å². The van der Waals surface area contributed by atoms with Gasteiger partial charge in [-0.15, -0.1) is 0 Å². The van der Waals surface area contributed by atoms with Gasteiger partial charge in [0.05, 0.1) is 11.2 Å². The van der Waals surface area contributed by atoms with Gasteiger partial charge in [-0.1, -0.05) is 29.8 Å². The third-order valence-electron chi connectivity index (χ3n) is 4.09. The molecule has 0 atom stereocenters. The maximum absolute atomic E-state index is 13.1. The number of aromatic nitrogens is 2. The normalized spacial score (nSPS) is 14.2. The maximum atomic E-state index is 13.1. The Balaban J connectivity index is 1.96. The van der Waals surface area contributed by atoms with E-state index in [9.17, 15) is 4.79 Å². The van der Waals surface area contributed by atoms with Gasteiger partial charge in [0.15, 0.2) is 5.69 Å². The number of benzene rings is 1. The number of amides is 1. The van der Waals surface area contributed by atoms with Crippen LogP contribution >= 0.6 is 11.6 Å². The van der Waals surface area contributed by atoms with E-state index in [1.54, 1.807) is 4.90 Å². The van der Waals surface area contributed by atoms with Crippen molar-refractivity contribution in [3.8, 4) is 0 Å². The molecule has 126 valence electrons. The Labute approximate surface area is 147 Å². The second kappa shape index (κ2) is 7.18. The largest absolute Gasteiger partial charge is 0.341 e. The number of rotatable bonds is 4. The van der Waals surface area contributed by atoms with Crippen molar-refractivity contribution >= 4 is 29.1 Å². The number of anilines is 2. The van der Waals surface area contributed by atoms with Gasteiger partial charge in [-0.25, -0.2) is 9.97 Å². The zero-order valence-corrected chi connectivity index (χ0v) is 14.7. The van der Waals surface area contributed by atoms with Crippen LogP contribution in [0.15, 0.2) is 36.5 Å². The van der Waals surface area contributed by atoms with Crippen LogP contribution in [0.4, 0.5) is 11.6 Å². The molecule has 3 rings (SSSR count). The molecule has 1 fully saturated rings. The number of para-hydroxylation sites is 1. The number of hydrogen-bond donors (Lipinski definition) is 0. The van der Waals surface area contributed by atoms with E-state index in [1.807, 2.05) is 44.2 Å². The molecule has 0 radical (unpaired) electrons. The molecule has 0 unspecified atom stereocenters. The average molecular weight is 345 g/mol. The lowest BCUT2D eigenvalue weighted by molar-refractivity contribution is 0.0975. The molecule has 1 amide bonds. The quantitative estimate of drug-likeness (QED) is 0.846. The van der Waals surface area contributed by atoms with Crippen LogP contribution in [0, 0.1) is 0 Å². The smallest absolute Gasteiger partial charge is 0.278 e. The fraction of sp³-hybridized carbons (Fsp3) is 0.389. The van der Waals surface area contributed by atoms with Crippen LogP contribution in [0.1, 0.15) is 37.2 Å². The van der Waals surface area contributed by atoms with Gasteiger partial charge in [0.2, 0.25) is 5.95 Å². The van der Waals surface area contributed by atoms with Crippen molar-refractivity contribution in [1.82, 2.24) is 9.97 Å². The van der Waals surface area contributed by atoms with E-state index >= 15 is 0 Å². The number of carbonyl (C=O) groups is 1. The Morgan fingerprint density at radius 1 is 1.21 bits per heavy atom. The number of nitrogens with zero attached hydrogens (tertiary/aromatic N) is 4. The summed E-state index contributed by atoms with van der Waals surface area (Å²) < 4.78 is 0. The van der Waals surface area contributed by atoms with Crippen molar-refractivity contribution in [2.45, 2.75) is 32.7 Å². The van der Waals surface area contributed by atoms with Gasteiger partial charge in [-0.2, -0.15) is 0 Å². The zero-order valence-electron chi connectivity index (χ0n) is 13.9. The molecule has 0 saturated carbocycles. The Morgan fingerprint density at radius 2 is 1.88 bits per heavy atom. The summed E-state index contributed by atoms with van der Waals surface area (Å²) in [6.45, 7) is 5.78. The lowest BCUT2D eigenvalue weighted by Crippen LogP contribution is -2.38. The molecule has 0 spiro atoms. The molecule has 1 aromatic carbocycles. The van der Waals surface area contributed by atoms with Crippen molar-refractivity contribution < 1.29 is 4.79 Å². The SMILES string of the molecule is CC(C)N(C(=O)c1nc(N2CCCC2)ncc1Cl)c1ccccc1. The first-order valence-electron chi connectivity index (χ1n) is 8.24. The molecule has 1 aromatic heterocycles. The molecule has 1 aliphatic heterocycles. The number of carbonyl (C=O) groups excluding carboxylic acids is 1. The molecule has 24 heavy (non-hydrogen) atoms. The van der Waals surface area contributed by atoms with Gasteiger partial charge in [0.25, 0.3) is 5.91 Å². The van der Waals surface area contributed by atoms with Crippen LogP contribution in [0.2, 0.25) is 5.02 Å². The molecule has 0 N–H and O–H groups in total. The van der Waals surface area contributed by atoms with E-state index in [1.165, 1.54) is 6.20 Å². The van der Waals surface area contributed by atoms with Gasteiger partial charge >= 0.3 is 0 Å². The van der Waals surface area contributed by atoms with E-state index in [-0.39, 0.29) is 22.7 Å². The molecule has 1 aliphatic rings. The summed E-state index contributed by atoms with van der Waals surface area (Å²) in [5.41, 5.74) is 1.08. The van der Waals surface area contributed by atoms with Crippen LogP contribution < -0.4 is 9.80 Å². The topological polar surface area (TPSA) is 49.3 Å². The standard InChI is InChI=1S/C18H21ClN4O/c1-13(2)23(14-8-4-3-5-9-14)17(24)16-15(19)12-20-18(21-16)22-10-6-7-11-22/h3-5,8-9,12-13H,6-7,10-11H2,1-2H3. The van der Waals surface area contributed by atoms with Crippen molar-refractivity contribution in [2.75, 3.05) is 22.9 Å². The van der Waals surface area contributed by atoms with Crippen molar-refractivity contribution in [2.24, 2.45) is 0 Å². The minimum absolute atomic E-state index is 0.0128. The first kappa shape index (κ1) is 16.7. The molecular weight excluding hydrogens is 324 g/mol. The fourth-order valence-electron chi connectivity index (χ4n) is 2.93. The zero-order chi connectivity index (χ0) is 17.1. The second-order valence-corrected chi connectivity index (χ2v) is 6.57. The van der Waals surface area contributed by atoms with Gasteiger partial charge in [-0.3, -0.25) is 4.79 Å². The third-order valence-corrected chi connectivity index (χ3v) is 4.37. The van der Waals surface area contributed by atoms with Crippen LogP contribution in [-0.2, 0) is 0 Å². The van der Waals surface area contributed by atoms with E-state index in [4.69, 9.17) is 11.6 Å². The summed E-state index contributed by atoms with van der Waals surface area (Å²) in [6, 6.07) is 9.56. The summed E-state index contributed by atoms with van der Waals surface area (Å²) in [6.07, 6.45) is 3.77. The molecule has 0 aliphatic carbocycles. The first-order valence-corrected chi connectivity index (χ1v) is 8.62. The third kappa shape index (κ3) is 3.36. The Morgan fingerprint density at radius 3 is 2.50 bits per heavy atom. The molecule has 6 heteroatoms. The minimum Gasteiger partial charge on any atom is -0.341 e. The summed E-state index contributed by atoms with van der Waals surface area (Å²) in [7, 11) is 0. The highest BCUT2D eigenvalue weighted by Gasteiger charge is 2.26. The van der Waals surface area contributed by atoms with Crippen LogP contribution in [0.5, 0.6) is 0 Å². The molecule has 2 heterocycles. The lowest BCUT2D eigenvalue weighted by atomic mass is 10.2. The number of halogens is 1. The van der Waals surface area contributed by atoms with Crippen molar-refractivity contribution in [3.05, 3.63) is 47.2 Å². The van der Waals surface area contributed by atoms with E-state index < -0.39 is 0 Å². The average Bonchev–Trinajstić information content (AvgIpc) is 3.10. The van der Waals surface area contributed by atoms with E-state index in [0.29, 0.717) is 5.95 Å². The summed E-state index contributed by atoms with van der Waals surface area (Å²) >= 11 is 6.24. The molecule has 0 bridgehead atoms. The highest BCUT2D eigenvalue weighted by molar-refractivity contribution is 6.34. The van der Waals surface area contributed by atoms with Gasteiger partial charge in [-0.05, 0) is 38.8 Å². The molecular formula is C18H21ClN4O. The number of hydrogen-bond acceptors (Lipinski definition) is 4. The van der Waals surface area contributed by atoms with Crippen molar-refractivity contribution in [3.63, 3.8) is 0 Å². The Hall–Kier alpha value is -2.14. The highest BCUT2D eigenvalue weighted by atomic mass is 35.5. The first-order chi connectivity index (χ1) is 11.6. The minimum atomic E-state index is -0.205. The monoisotopic (exact) mass is 344 g/mol. The fourth-order valence-corrected chi connectivity index (χ4v) is 3.10. The second-order valence-electron chi connectivity index (χ2n) is 6.17. The van der Waals surface area contributed by atoms with Gasteiger partial charge in [0, 0.05) is 24.8 Å². The summed E-state index contributed by atoms with van der Waals surface area (Å²) in [5.74, 6) is 0.376. The summed E-state index contributed by atoms with van der Waals surface area (Å²) in [4.78, 5) is 25.7. The van der Waals surface area contributed by atoms with E-state index in [0.717, 1.165) is 31.6 Å². The summed E-state index contributed by atoms with van der Waals surface area (Å²) in [5, 5.41) is 0.282. The highest BCUT2D eigenvalue weighted by Crippen LogP contribution is 2.24. The van der Waals surface area contributed by atoms with Gasteiger partial charge in [0.1, 0.15) is 0 Å².